The maximum atomic E-state index is 5.60. The SMILES string of the molecule is COc1cccc(OC)c1-c1cc(C)nn1-c1cccc2cnccc12. The average molecular weight is 345 g/mol. The van der Waals surface area contributed by atoms with Gasteiger partial charge < -0.3 is 9.47 Å². The summed E-state index contributed by atoms with van der Waals surface area (Å²) in [6, 6.07) is 15.9. The first-order chi connectivity index (χ1) is 12.7. The van der Waals surface area contributed by atoms with E-state index in [1.54, 1.807) is 20.4 Å². The highest BCUT2D eigenvalue weighted by Gasteiger charge is 2.19. The minimum Gasteiger partial charge on any atom is -0.496 e. The zero-order valence-corrected chi connectivity index (χ0v) is 14.9. The molecule has 2 aromatic carbocycles. The number of pyridine rings is 1. The number of aryl methyl sites for hydroxylation is 1. The van der Waals surface area contributed by atoms with E-state index >= 15 is 0 Å². The fourth-order valence-electron chi connectivity index (χ4n) is 3.25. The van der Waals surface area contributed by atoms with Crippen LogP contribution in [0.2, 0.25) is 0 Å². The van der Waals surface area contributed by atoms with Crippen LogP contribution in [0, 0.1) is 6.92 Å². The number of fused-ring (bicyclic) bond motifs is 1. The number of nitrogens with zero attached hydrogens (tertiary/aromatic N) is 3. The highest BCUT2D eigenvalue weighted by atomic mass is 16.5. The highest BCUT2D eigenvalue weighted by Crippen LogP contribution is 2.40. The maximum Gasteiger partial charge on any atom is 0.132 e. The predicted octanol–water partition coefficient (Wildman–Crippen LogP) is 4.41. The van der Waals surface area contributed by atoms with E-state index in [1.807, 2.05) is 60.3 Å². The van der Waals surface area contributed by atoms with Crippen molar-refractivity contribution in [2.24, 2.45) is 0 Å². The monoisotopic (exact) mass is 345 g/mol. The summed E-state index contributed by atoms with van der Waals surface area (Å²) >= 11 is 0. The Morgan fingerprint density at radius 1 is 0.923 bits per heavy atom. The largest absolute Gasteiger partial charge is 0.496 e. The number of methoxy groups -OCH3 is 2. The number of aromatic nitrogens is 3. The summed E-state index contributed by atoms with van der Waals surface area (Å²) in [6.07, 6.45) is 3.66. The second kappa shape index (κ2) is 6.52. The molecule has 2 heterocycles. The molecule has 5 heteroatoms. The Hall–Kier alpha value is -3.34. The zero-order valence-electron chi connectivity index (χ0n) is 14.9. The van der Waals surface area contributed by atoms with Crippen molar-refractivity contribution in [1.82, 2.24) is 14.8 Å². The highest BCUT2D eigenvalue weighted by molar-refractivity contribution is 5.90. The van der Waals surface area contributed by atoms with E-state index in [2.05, 4.69) is 11.1 Å². The van der Waals surface area contributed by atoms with E-state index in [0.29, 0.717) is 0 Å². The van der Waals surface area contributed by atoms with Crippen molar-refractivity contribution in [2.45, 2.75) is 6.92 Å². The molecule has 4 rings (SSSR count). The molecule has 26 heavy (non-hydrogen) atoms. The average Bonchev–Trinajstić information content (AvgIpc) is 3.07. The van der Waals surface area contributed by atoms with Gasteiger partial charge >= 0.3 is 0 Å². The lowest BCUT2D eigenvalue weighted by molar-refractivity contribution is 0.397. The van der Waals surface area contributed by atoms with Crippen LogP contribution in [0.4, 0.5) is 0 Å². The first-order valence-corrected chi connectivity index (χ1v) is 8.34. The van der Waals surface area contributed by atoms with Crippen LogP contribution in [0.3, 0.4) is 0 Å². The van der Waals surface area contributed by atoms with Crippen LogP contribution in [0.1, 0.15) is 5.69 Å². The third kappa shape index (κ3) is 2.58. The van der Waals surface area contributed by atoms with Gasteiger partial charge in [0.05, 0.1) is 36.9 Å². The summed E-state index contributed by atoms with van der Waals surface area (Å²) in [7, 11) is 3.32. The second-order valence-corrected chi connectivity index (χ2v) is 5.99. The number of hydrogen-bond acceptors (Lipinski definition) is 4. The van der Waals surface area contributed by atoms with Crippen LogP contribution < -0.4 is 9.47 Å². The predicted molar refractivity (Wildman–Crippen MR) is 102 cm³/mol. The molecule has 0 aliphatic rings. The third-order valence-electron chi connectivity index (χ3n) is 4.40. The van der Waals surface area contributed by atoms with E-state index in [0.717, 1.165) is 44.9 Å². The quantitative estimate of drug-likeness (QED) is 0.550. The lowest BCUT2D eigenvalue weighted by atomic mass is 10.1. The molecule has 5 nitrogen and oxygen atoms in total. The van der Waals surface area contributed by atoms with E-state index in [4.69, 9.17) is 14.6 Å². The van der Waals surface area contributed by atoms with Crippen LogP contribution >= 0.6 is 0 Å². The molecule has 0 atom stereocenters. The van der Waals surface area contributed by atoms with Gasteiger partial charge in [0.15, 0.2) is 0 Å². The minimum absolute atomic E-state index is 0.743. The van der Waals surface area contributed by atoms with Gasteiger partial charge in [0.2, 0.25) is 0 Å². The van der Waals surface area contributed by atoms with Gasteiger partial charge in [-0.3, -0.25) is 4.98 Å². The van der Waals surface area contributed by atoms with Crippen LogP contribution in [0.5, 0.6) is 11.5 Å². The van der Waals surface area contributed by atoms with Crippen molar-refractivity contribution in [3.63, 3.8) is 0 Å². The Kier molecular flexibility index (Phi) is 4.05. The third-order valence-corrected chi connectivity index (χ3v) is 4.40. The van der Waals surface area contributed by atoms with Gasteiger partial charge in [0, 0.05) is 23.2 Å². The van der Waals surface area contributed by atoms with Crippen molar-refractivity contribution < 1.29 is 9.47 Å². The summed E-state index contributed by atoms with van der Waals surface area (Å²) in [5.74, 6) is 1.49. The molecular weight excluding hydrogens is 326 g/mol. The Bertz CT molecular complexity index is 1060. The molecule has 0 spiro atoms. The van der Waals surface area contributed by atoms with E-state index in [-0.39, 0.29) is 0 Å². The molecule has 0 radical (unpaired) electrons. The molecule has 0 N–H and O–H groups in total. The molecule has 0 aliphatic carbocycles. The Balaban J connectivity index is 2.03. The van der Waals surface area contributed by atoms with Crippen molar-refractivity contribution in [2.75, 3.05) is 14.2 Å². The van der Waals surface area contributed by atoms with Gasteiger partial charge in [-0.05, 0) is 37.3 Å². The van der Waals surface area contributed by atoms with Gasteiger partial charge in [0.1, 0.15) is 11.5 Å². The fourth-order valence-corrected chi connectivity index (χ4v) is 3.25. The lowest BCUT2D eigenvalue weighted by Gasteiger charge is -2.15. The lowest BCUT2D eigenvalue weighted by Crippen LogP contribution is -2.02. The fraction of sp³-hybridized carbons (Fsp3) is 0.143. The number of hydrogen-bond donors (Lipinski definition) is 0. The summed E-state index contributed by atoms with van der Waals surface area (Å²) in [6.45, 7) is 1.98. The Morgan fingerprint density at radius 2 is 1.65 bits per heavy atom. The molecular formula is C21H19N3O2. The second-order valence-electron chi connectivity index (χ2n) is 5.99. The van der Waals surface area contributed by atoms with Crippen LogP contribution in [0.15, 0.2) is 60.9 Å². The summed E-state index contributed by atoms with van der Waals surface area (Å²) in [4.78, 5) is 4.22. The molecule has 0 saturated heterocycles. The Labute approximate surface area is 151 Å². The van der Waals surface area contributed by atoms with E-state index in [9.17, 15) is 0 Å². The minimum atomic E-state index is 0.743. The zero-order chi connectivity index (χ0) is 18.1. The molecule has 0 amide bonds. The molecule has 2 aromatic heterocycles. The molecule has 0 fully saturated rings. The normalized spacial score (nSPS) is 10.9. The standard InChI is InChI=1S/C21H19N3O2/c1-14-12-18(21-19(25-2)8-5-9-20(21)26-3)24(23-14)17-7-4-6-15-13-22-11-10-16(15)17/h4-13H,1-3H3. The van der Waals surface area contributed by atoms with Crippen molar-refractivity contribution in [1.29, 1.82) is 0 Å². The summed E-state index contributed by atoms with van der Waals surface area (Å²) < 4.78 is 13.1. The van der Waals surface area contributed by atoms with Crippen molar-refractivity contribution >= 4 is 10.8 Å². The van der Waals surface area contributed by atoms with Crippen LogP contribution in [-0.4, -0.2) is 29.0 Å². The van der Waals surface area contributed by atoms with Gasteiger partial charge in [-0.25, -0.2) is 4.68 Å². The van der Waals surface area contributed by atoms with Gasteiger partial charge in [0.25, 0.3) is 0 Å². The van der Waals surface area contributed by atoms with Gasteiger partial charge in [-0.15, -0.1) is 0 Å². The summed E-state index contributed by atoms with van der Waals surface area (Å²) in [5.41, 5.74) is 3.70. The summed E-state index contributed by atoms with van der Waals surface area (Å²) in [5, 5.41) is 6.89. The number of ether oxygens (including phenoxy) is 2. The molecule has 0 aliphatic heterocycles. The van der Waals surface area contributed by atoms with E-state index in [1.165, 1.54) is 0 Å². The Morgan fingerprint density at radius 3 is 2.38 bits per heavy atom. The van der Waals surface area contributed by atoms with Crippen LogP contribution in [0.25, 0.3) is 27.7 Å². The molecule has 0 bridgehead atoms. The topological polar surface area (TPSA) is 49.2 Å². The smallest absolute Gasteiger partial charge is 0.132 e. The molecule has 130 valence electrons. The first-order valence-electron chi connectivity index (χ1n) is 8.34. The first kappa shape index (κ1) is 16.1. The van der Waals surface area contributed by atoms with Crippen LogP contribution in [-0.2, 0) is 0 Å². The van der Waals surface area contributed by atoms with Gasteiger partial charge in [-0.1, -0.05) is 18.2 Å². The molecule has 0 unspecified atom stereocenters. The molecule has 0 saturated carbocycles. The number of rotatable bonds is 4. The van der Waals surface area contributed by atoms with Gasteiger partial charge in [-0.2, -0.15) is 5.10 Å². The maximum absolute atomic E-state index is 5.60. The molecule has 4 aromatic rings. The number of benzene rings is 2. The van der Waals surface area contributed by atoms with Crippen molar-refractivity contribution in [3.05, 3.63) is 66.6 Å². The van der Waals surface area contributed by atoms with Crippen molar-refractivity contribution in [3.8, 4) is 28.4 Å². The van der Waals surface area contributed by atoms with E-state index < -0.39 is 0 Å².